The van der Waals surface area contributed by atoms with E-state index >= 15 is 0 Å². The summed E-state index contributed by atoms with van der Waals surface area (Å²) in [6, 6.07) is 0. The van der Waals surface area contributed by atoms with Gasteiger partial charge >= 0.3 is 11.9 Å². The third-order valence-corrected chi connectivity index (χ3v) is 8.57. The number of rotatable bonds is 1. The summed E-state index contributed by atoms with van der Waals surface area (Å²) < 4.78 is 5.87. The van der Waals surface area contributed by atoms with E-state index in [1.165, 1.54) is 6.92 Å². The number of aliphatic hydroxyl groups excluding tert-OH is 2. The monoisotopic (exact) mass is 364 g/mol. The maximum absolute atomic E-state index is 12.8. The Morgan fingerprint density at radius 1 is 1.35 bits per heavy atom. The number of carbonyl (C=O) groups excluding carboxylic acids is 1. The number of ether oxygens (including phenoxy) is 1. The van der Waals surface area contributed by atoms with Crippen LogP contribution < -0.4 is 0 Å². The summed E-state index contributed by atoms with van der Waals surface area (Å²) in [6.07, 6.45) is -0.827. The molecule has 5 rings (SSSR count). The molecule has 9 atom stereocenters. The van der Waals surface area contributed by atoms with Gasteiger partial charge in [-0.15, -0.1) is 0 Å². The third-order valence-electron chi connectivity index (χ3n) is 8.57. The Hall–Kier alpha value is -1.44. The minimum absolute atomic E-state index is 0.0429. The quantitative estimate of drug-likeness (QED) is 0.388. The highest BCUT2D eigenvalue weighted by atomic mass is 16.6. The first-order valence-electron chi connectivity index (χ1n) is 9.26. The van der Waals surface area contributed by atoms with E-state index in [2.05, 4.69) is 6.58 Å². The first-order valence-corrected chi connectivity index (χ1v) is 9.26. The Morgan fingerprint density at radius 2 is 2.04 bits per heavy atom. The molecule has 0 radical (unpaired) electrons. The lowest BCUT2D eigenvalue weighted by molar-refractivity contribution is -0.165. The molecule has 4 saturated carbocycles. The van der Waals surface area contributed by atoms with E-state index in [4.69, 9.17) is 4.74 Å². The lowest BCUT2D eigenvalue weighted by Gasteiger charge is -2.47. The molecule has 4 bridgehead atoms. The summed E-state index contributed by atoms with van der Waals surface area (Å²) in [5.74, 6) is -3.58. The molecule has 1 spiro atoms. The van der Waals surface area contributed by atoms with Crippen molar-refractivity contribution >= 4 is 11.9 Å². The van der Waals surface area contributed by atoms with Gasteiger partial charge in [0, 0.05) is 18.3 Å². The fourth-order valence-electron chi connectivity index (χ4n) is 7.71. The predicted octanol–water partition coefficient (Wildman–Crippen LogP) is 0.222. The molecule has 4 N–H and O–H groups in total. The van der Waals surface area contributed by atoms with Gasteiger partial charge in [0.25, 0.3) is 0 Å². The highest BCUT2D eigenvalue weighted by molar-refractivity contribution is 5.85. The minimum atomic E-state index is -1.46. The molecule has 0 aromatic rings. The van der Waals surface area contributed by atoms with Gasteiger partial charge in [-0.3, -0.25) is 9.59 Å². The first kappa shape index (κ1) is 16.7. The fourth-order valence-corrected chi connectivity index (χ4v) is 7.71. The number of esters is 1. The van der Waals surface area contributed by atoms with E-state index in [9.17, 15) is 30.0 Å². The summed E-state index contributed by atoms with van der Waals surface area (Å²) >= 11 is 0. The second-order valence-electron chi connectivity index (χ2n) is 9.45. The van der Waals surface area contributed by atoms with Crippen molar-refractivity contribution in [2.24, 2.45) is 28.6 Å². The zero-order chi connectivity index (χ0) is 18.9. The Bertz CT molecular complexity index is 763. The highest BCUT2D eigenvalue weighted by Crippen LogP contribution is 2.78. The molecule has 4 aliphatic carbocycles. The van der Waals surface area contributed by atoms with Gasteiger partial charge in [-0.1, -0.05) is 6.58 Å². The van der Waals surface area contributed by atoms with Crippen molar-refractivity contribution in [1.29, 1.82) is 0 Å². The maximum atomic E-state index is 12.8. The number of carboxylic acids is 1. The molecule has 1 saturated heterocycles. The summed E-state index contributed by atoms with van der Waals surface area (Å²) in [6.45, 7) is 5.53. The van der Waals surface area contributed by atoms with E-state index in [1.807, 2.05) is 0 Å². The number of fused-ring (bicyclic) bond motifs is 1. The Kier molecular flexibility index (Phi) is 2.79. The van der Waals surface area contributed by atoms with E-state index < -0.39 is 58.0 Å². The molecule has 5 fully saturated rings. The zero-order valence-electron chi connectivity index (χ0n) is 14.6. The molecular weight excluding hydrogens is 340 g/mol. The van der Waals surface area contributed by atoms with Crippen molar-refractivity contribution in [3.8, 4) is 0 Å². The van der Waals surface area contributed by atoms with Gasteiger partial charge in [0.1, 0.15) is 11.0 Å². The largest absolute Gasteiger partial charge is 0.481 e. The topological polar surface area (TPSA) is 124 Å². The number of aliphatic carboxylic acids is 1. The zero-order valence-corrected chi connectivity index (χ0v) is 14.6. The summed E-state index contributed by atoms with van der Waals surface area (Å²) in [5, 5.41) is 42.2. The van der Waals surface area contributed by atoms with Crippen LogP contribution in [0, 0.1) is 28.6 Å². The summed E-state index contributed by atoms with van der Waals surface area (Å²) in [4.78, 5) is 25.2. The molecule has 7 heteroatoms. The van der Waals surface area contributed by atoms with Crippen molar-refractivity contribution < 1.29 is 34.8 Å². The van der Waals surface area contributed by atoms with Crippen molar-refractivity contribution in [1.82, 2.24) is 0 Å². The SMILES string of the molecule is C=C1C[C@@]23C[C@@]1(O)CC[C@@H]2[C@]12C[C@@H](O)[C@@H](O)C(C)(C(=O)O1)[C@@H]2[C@H]3C(=O)O. The standard InChI is InChI=1S/C19H24O7/c1-8-5-17-7-18(8,25)4-3-10(17)19-6-9(20)13(21)16(2,15(24)26-19)12(19)11(17)14(22)23/h9-13,20-21,25H,1,3-7H2,2H3,(H,22,23)/t9-,10+,11+,12+,13-,16?,17-,18+,19+/m1/s1. The molecule has 26 heavy (non-hydrogen) atoms. The smallest absolute Gasteiger partial charge is 0.315 e. The third kappa shape index (κ3) is 1.43. The van der Waals surface area contributed by atoms with Crippen molar-refractivity contribution in [2.45, 2.75) is 62.4 Å². The Labute approximate surface area is 150 Å². The number of carbonyl (C=O) groups is 2. The van der Waals surface area contributed by atoms with Gasteiger partial charge in [0.15, 0.2) is 0 Å². The van der Waals surface area contributed by atoms with Crippen LogP contribution in [0.2, 0.25) is 0 Å². The van der Waals surface area contributed by atoms with E-state index in [0.717, 1.165) is 0 Å². The molecule has 1 aliphatic heterocycles. The molecule has 142 valence electrons. The predicted molar refractivity (Wildman–Crippen MR) is 86.7 cm³/mol. The van der Waals surface area contributed by atoms with Crippen molar-refractivity contribution in [2.75, 3.05) is 0 Å². The maximum Gasteiger partial charge on any atom is 0.315 e. The Balaban J connectivity index is 1.77. The van der Waals surface area contributed by atoms with E-state index in [0.29, 0.717) is 31.3 Å². The molecule has 0 aromatic carbocycles. The van der Waals surface area contributed by atoms with Crippen molar-refractivity contribution in [3.63, 3.8) is 0 Å². The summed E-state index contributed by atoms with van der Waals surface area (Å²) in [5.41, 5.74) is -3.74. The minimum Gasteiger partial charge on any atom is -0.481 e. The van der Waals surface area contributed by atoms with Crippen LogP contribution in [-0.4, -0.2) is 55.8 Å². The Morgan fingerprint density at radius 3 is 2.69 bits per heavy atom. The average molecular weight is 364 g/mol. The molecule has 1 heterocycles. The van der Waals surface area contributed by atoms with Gasteiger partial charge in [0.2, 0.25) is 0 Å². The number of carboxylic acid groups (broad SMARTS) is 1. The molecular formula is C19H24O7. The van der Waals surface area contributed by atoms with Crippen LogP contribution in [0.15, 0.2) is 12.2 Å². The molecule has 0 aromatic heterocycles. The van der Waals surface area contributed by atoms with Crippen LogP contribution in [0.25, 0.3) is 0 Å². The lowest BCUT2D eigenvalue weighted by Crippen LogP contribution is -2.59. The van der Waals surface area contributed by atoms with Crippen LogP contribution in [0.5, 0.6) is 0 Å². The number of hydrogen-bond donors (Lipinski definition) is 4. The van der Waals surface area contributed by atoms with Crippen molar-refractivity contribution in [3.05, 3.63) is 12.2 Å². The normalized spacial score (nSPS) is 59.8. The average Bonchev–Trinajstić information content (AvgIpc) is 2.96. The van der Waals surface area contributed by atoms with Crippen LogP contribution in [-0.2, 0) is 14.3 Å². The van der Waals surface area contributed by atoms with Gasteiger partial charge < -0.3 is 25.2 Å². The van der Waals surface area contributed by atoms with Crippen LogP contribution in [0.3, 0.4) is 0 Å². The van der Waals surface area contributed by atoms with Crippen LogP contribution in [0.1, 0.15) is 39.0 Å². The second-order valence-corrected chi connectivity index (χ2v) is 9.45. The molecule has 0 amide bonds. The van der Waals surface area contributed by atoms with Gasteiger partial charge in [0.05, 0.1) is 23.7 Å². The van der Waals surface area contributed by atoms with Gasteiger partial charge in [-0.25, -0.2) is 0 Å². The number of hydrogen-bond acceptors (Lipinski definition) is 6. The van der Waals surface area contributed by atoms with Gasteiger partial charge in [-0.05, 0) is 43.6 Å². The fraction of sp³-hybridized carbons (Fsp3) is 0.789. The molecule has 1 unspecified atom stereocenters. The van der Waals surface area contributed by atoms with Crippen LogP contribution in [0.4, 0.5) is 0 Å². The van der Waals surface area contributed by atoms with Crippen LogP contribution >= 0.6 is 0 Å². The van der Waals surface area contributed by atoms with E-state index in [-0.39, 0.29) is 12.3 Å². The summed E-state index contributed by atoms with van der Waals surface area (Å²) in [7, 11) is 0. The molecule has 5 aliphatic rings. The van der Waals surface area contributed by atoms with E-state index in [1.54, 1.807) is 0 Å². The molecule has 7 nitrogen and oxygen atoms in total. The number of aliphatic hydroxyl groups is 3. The highest BCUT2D eigenvalue weighted by Gasteiger charge is 2.85. The first-order chi connectivity index (χ1) is 12.0. The second kappa shape index (κ2) is 4.34. The lowest BCUT2D eigenvalue weighted by atomic mass is 9.58. The van der Waals surface area contributed by atoms with Gasteiger partial charge in [-0.2, -0.15) is 0 Å².